The van der Waals surface area contributed by atoms with Crippen LogP contribution in [0.2, 0.25) is 0 Å². The van der Waals surface area contributed by atoms with Crippen LogP contribution in [0.5, 0.6) is 0 Å². The zero-order chi connectivity index (χ0) is 12.8. The molecule has 0 radical (unpaired) electrons. The lowest BCUT2D eigenvalue weighted by Crippen LogP contribution is -2.32. The summed E-state index contributed by atoms with van der Waals surface area (Å²) in [4.78, 5) is 49.1. The van der Waals surface area contributed by atoms with Crippen LogP contribution in [0.4, 0.5) is 0 Å². The van der Waals surface area contributed by atoms with E-state index in [0.29, 0.717) is 11.6 Å². The molecule has 0 atom stereocenters. The molecule has 0 spiro atoms. The number of hydrogen-bond donors (Lipinski definition) is 1. The van der Waals surface area contributed by atoms with Crippen LogP contribution < -0.4 is 5.32 Å². The van der Waals surface area contributed by atoms with Gasteiger partial charge in [0.2, 0.25) is 5.91 Å². The van der Waals surface area contributed by atoms with E-state index in [9.17, 15) is 19.2 Å². The molecule has 7 nitrogen and oxygen atoms in total. The average molecular weight is 242 g/mol. The Labute approximate surface area is 98.0 Å². The third kappa shape index (κ3) is 3.86. The van der Waals surface area contributed by atoms with Crippen LogP contribution in [-0.2, 0) is 24.0 Å². The first-order valence-electron chi connectivity index (χ1n) is 5.38. The number of amides is 3. The Balaban J connectivity index is 2.32. The minimum atomic E-state index is -0.764. The average Bonchev–Trinajstić information content (AvgIpc) is 2.58. The lowest BCUT2D eigenvalue weighted by molar-refractivity contribution is -0.197. The minimum absolute atomic E-state index is 0.0249. The van der Waals surface area contributed by atoms with E-state index in [1.54, 1.807) is 6.92 Å². The Bertz CT molecular complexity index is 337. The summed E-state index contributed by atoms with van der Waals surface area (Å²) >= 11 is 0. The van der Waals surface area contributed by atoms with Crippen molar-refractivity contribution in [1.29, 1.82) is 0 Å². The Morgan fingerprint density at radius 2 is 1.82 bits per heavy atom. The first-order chi connectivity index (χ1) is 8.04. The van der Waals surface area contributed by atoms with Crippen LogP contribution in [0.3, 0.4) is 0 Å². The molecule has 1 fully saturated rings. The van der Waals surface area contributed by atoms with Crippen molar-refractivity contribution < 1.29 is 24.0 Å². The molecule has 94 valence electrons. The number of imide groups is 1. The molecule has 0 aromatic carbocycles. The molecule has 0 bridgehead atoms. The zero-order valence-electron chi connectivity index (χ0n) is 9.52. The standard InChI is InChI=1S/C10H14N2O5/c1-2-11-7(13)3-6-10(16)17-12-8(14)4-5-9(12)15/h2-6H2,1H3,(H,11,13). The molecule has 3 amide bonds. The van der Waals surface area contributed by atoms with E-state index in [1.165, 1.54) is 0 Å². The molecule has 1 aliphatic heterocycles. The molecule has 0 saturated carbocycles. The summed E-state index contributed by atoms with van der Waals surface area (Å²) in [5.41, 5.74) is 0. The highest BCUT2D eigenvalue weighted by Gasteiger charge is 2.32. The Kier molecular flexibility index (Phi) is 4.62. The van der Waals surface area contributed by atoms with Crippen molar-refractivity contribution in [3.63, 3.8) is 0 Å². The molecule has 1 N–H and O–H groups in total. The van der Waals surface area contributed by atoms with Gasteiger partial charge in [0.05, 0.1) is 6.42 Å². The summed E-state index contributed by atoms with van der Waals surface area (Å²) in [5, 5.41) is 2.99. The first kappa shape index (κ1) is 13.1. The SMILES string of the molecule is CCNC(=O)CCC(=O)ON1C(=O)CCC1=O. The van der Waals surface area contributed by atoms with Gasteiger partial charge < -0.3 is 10.2 Å². The van der Waals surface area contributed by atoms with Crippen molar-refractivity contribution in [3.05, 3.63) is 0 Å². The van der Waals surface area contributed by atoms with Crippen LogP contribution >= 0.6 is 0 Å². The fourth-order valence-corrected chi connectivity index (χ4v) is 1.31. The molecular weight excluding hydrogens is 228 g/mol. The highest BCUT2D eigenvalue weighted by molar-refractivity contribution is 6.01. The molecule has 0 unspecified atom stereocenters. The third-order valence-corrected chi connectivity index (χ3v) is 2.13. The van der Waals surface area contributed by atoms with E-state index < -0.39 is 17.8 Å². The van der Waals surface area contributed by atoms with Gasteiger partial charge in [0.1, 0.15) is 0 Å². The van der Waals surface area contributed by atoms with Crippen molar-refractivity contribution in [2.24, 2.45) is 0 Å². The van der Waals surface area contributed by atoms with E-state index in [4.69, 9.17) is 0 Å². The van der Waals surface area contributed by atoms with Crippen molar-refractivity contribution in [2.45, 2.75) is 32.6 Å². The maximum Gasteiger partial charge on any atom is 0.333 e. The maximum absolute atomic E-state index is 11.3. The molecule has 0 aromatic rings. The van der Waals surface area contributed by atoms with E-state index >= 15 is 0 Å². The Morgan fingerprint density at radius 1 is 1.24 bits per heavy atom. The van der Waals surface area contributed by atoms with Crippen molar-refractivity contribution in [2.75, 3.05) is 6.54 Å². The van der Waals surface area contributed by atoms with Crippen molar-refractivity contribution in [1.82, 2.24) is 10.4 Å². The van der Waals surface area contributed by atoms with Gasteiger partial charge in [-0.2, -0.15) is 0 Å². The van der Waals surface area contributed by atoms with Gasteiger partial charge in [0.15, 0.2) is 0 Å². The summed E-state index contributed by atoms with van der Waals surface area (Å²) in [7, 11) is 0. The number of rotatable bonds is 5. The highest BCUT2D eigenvalue weighted by Crippen LogP contribution is 2.12. The van der Waals surface area contributed by atoms with Gasteiger partial charge in [0, 0.05) is 25.8 Å². The van der Waals surface area contributed by atoms with Gasteiger partial charge in [-0.25, -0.2) is 4.79 Å². The van der Waals surface area contributed by atoms with Gasteiger partial charge in [-0.15, -0.1) is 5.06 Å². The predicted octanol–water partition coefficient (Wildman–Crippen LogP) is -0.490. The monoisotopic (exact) mass is 242 g/mol. The third-order valence-electron chi connectivity index (χ3n) is 2.13. The zero-order valence-corrected chi connectivity index (χ0v) is 9.52. The molecule has 1 rings (SSSR count). The summed E-state index contributed by atoms with van der Waals surface area (Å²) in [6.45, 7) is 2.24. The normalized spacial score (nSPS) is 15.0. The Hall–Kier alpha value is -1.92. The second kappa shape index (κ2) is 5.97. The van der Waals surface area contributed by atoms with Crippen LogP contribution in [0, 0.1) is 0 Å². The van der Waals surface area contributed by atoms with Gasteiger partial charge in [-0.1, -0.05) is 0 Å². The lowest BCUT2D eigenvalue weighted by Gasteiger charge is -2.12. The van der Waals surface area contributed by atoms with E-state index in [2.05, 4.69) is 10.2 Å². The molecule has 0 aliphatic carbocycles. The lowest BCUT2D eigenvalue weighted by atomic mass is 10.3. The number of nitrogens with zero attached hydrogens (tertiary/aromatic N) is 1. The largest absolute Gasteiger partial charge is 0.356 e. The molecule has 1 saturated heterocycles. The van der Waals surface area contributed by atoms with E-state index in [-0.39, 0.29) is 31.6 Å². The number of hydroxylamine groups is 2. The first-order valence-corrected chi connectivity index (χ1v) is 5.38. The highest BCUT2D eigenvalue weighted by atomic mass is 16.7. The van der Waals surface area contributed by atoms with Gasteiger partial charge >= 0.3 is 5.97 Å². The fourth-order valence-electron chi connectivity index (χ4n) is 1.31. The van der Waals surface area contributed by atoms with Crippen LogP contribution in [0.25, 0.3) is 0 Å². The molecule has 1 aliphatic rings. The second-order valence-electron chi connectivity index (χ2n) is 3.50. The van der Waals surface area contributed by atoms with Crippen LogP contribution in [0.15, 0.2) is 0 Å². The second-order valence-corrected chi connectivity index (χ2v) is 3.50. The van der Waals surface area contributed by atoms with Gasteiger partial charge in [-0.05, 0) is 6.92 Å². The number of carbonyl (C=O) groups is 4. The molecule has 1 heterocycles. The summed E-state index contributed by atoms with van der Waals surface area (Å²) in [6, 6.07) is 0. The smallest absolute Gasteiger partial charge is 0.333 e. The van der Waals surface area contributed by atoms with Gasteiger partial charge in [0.25, 0.3) is 11.8 Å². The van der Waals surface area contributed by atoms with Crippen molar-refractivity contribution in [3.8, 4) is 0 Å². The molecule has 17 heavy (non-hydrogen) atoms. The van der Waals surface area contributed by atoms with E-state index in [1.807, 2.05) is 0 Å². The molecular formula is C10H14N2O5. The van der Waals surface area contributed by atoms with Crippen LogP contribution in [0.1, 0.15) is 32.6 Å². The summed E-state index contributed by atoms with van der Waals surface area (Å²) < 4.78 is 0. The summed E-state index contributed by atoms with van der Waals surface area (Å²) in [6.07, 6.45) is -0.0728. The fraction of sp³-hybridized carbons (Fsp3) is 0.600. The number of hydrogen-bond acceptors (Lipinski definition) is 5. The molecule has 0 aromatic heterocycles. The van der Waals surface area contributed by atoms with Crippen molar-refractivity contribution >= 4 is 23.7 Å². The van der Waals surface area contributed by atoms with E-state index in [0.717, 1.165) is 0 Å². The Morgan fingerprint density at radius 3 is 2.35 bits per heavy atom. The summed E-state index contributed by atoms with van der Waals surface area (Å²) in [5.74, 6) is -2.09. The minimum Gasteiger partial charge on any atom is -0.356 e. The topological polar surface area (TPSA) is 92.8 Å². The number of nitrogens with one attached hydrogen (secondary N) is 1. The maximum atomic E-state index is 11.3. The molecule has 7 heteroatoms. The quantitative estimate of drug-likeness (QED) is 0.657. The van der Waals surface area contributed by atoms with Crippen LogP contribution in [-0.4, -0.2) is 35.3 Å². The number of carbonyl (C=O) groups excluding carboxylic acids is 4. The predicted molar refractivity (Wildman–Crippen MR) is 55.1 cm³/mol. The van der Waals surface area contributed by atoms with Gasteiger partial charge in [-0.3, -0.25) is 14.4 Å².